The summed E-state index contributed by atoms with van der Waals surface area (Å²) in [6.45, 7) is 2.18. The lowest BCUT2D eigenvalue weighted by Gasteiger charge is -2.34. The number of rotatable bonds is 4. The van der Waals surface area contributed by atoms with Crippen LogP contribution in [0.5, 0.6) is 0 Å². The van der Waals surface area contributed by atoms with E-state index in [1.54, 1.807) is 6.92 Å². The number of hydrogen-bond donors (Lipinski definition) is 1. The molecule has 1 fully saturated rings. The second-order valence-electron chi connectivity index (χ2n) is 4.44. The molecular weight excluding hydrogens is 262 g/mol. The van der Waals surface area contributed by atoms with Gasteiger partial charge in [-0.25, -0.2) is 18.6 Å². The Balaban J connectivity index is 1.89. The van der Waals surface area contributed by atoms with E-state index in [0.29, 0.717) is 22.2 Å². The quantitative estimate of drug-likeness (QED) is 0.859. The Morgan fingerprint density at radius 3 is 2.83 bits per heavy atom. The largest absolute Gasteiger partial charge is 0.465 e. The van der Waals surface area contributed by atoms with Gasteiger partial charge in [-0.15, -0.1) is 0 Å². The fourth-order valence-electron chi connectivity index (χ4n) is 1.92. The number of carbonyl (C=O) groups excluding carboxylic acids is 1. The van der Waals surface area contributed by atoms with Crippen LogP contribution in [-0.4, -0.2) is 30.5 Å². The predicted molar refractivity (Wildman–Crippen MR) is 64.4 cm³/mol. The number of aromatic nitrogens is 1. The molecule has 0 radical (unpaired) electrons. The van der Waals surface area contributed by atoms with Gasteiger partial charge in [0.2, 0.25) is 5.92 Å². The third-order valence-corrected chi connectivity index (χ3v) is 3.98. The van der Waals surface area contributed by atoms with Gasteiger partial charge in [0.25, 0.3) is 0 Å². The van der Waals surface area contributed by atoms with Crippen LogP contribution in [0.3, 0.4) is 0 Å². The number of anilines is 1. The number of aryl methyl sites for hydroxylation is 1. The number of halogens is 2. The maximum Gasteiger partial charge on any atom is 0.350 e. The minimum absolute atomic E-state index is 0.0224. The summed E-state index contributed by atoms with van der Waals surface area (Å²) in [7, 11) is 1.31. The molecule has 1 aliphatic carbocycles. The SMILES string of the molecule is COC(=O)c1sc(NCC2CC(F)(F)C2)nc1C. The molecule has 18 heavy (non-hydrogen) atoms. The van der Waals surface area contributed by atoms with Crippen molar-refractivity contribution in [2.45, 2.75) is 25.7 Å². The molecule has 0 aliphatic heterocycles. The van der Waals surface area contributed by atoms with Crippen LogP contribution in [0.4, 0.5) is 13.9 Å². The van der Waals surface area contributed by atoms with Crippen molar-refractivity contribution in [2.75, 3.05) is 19.0 Å². The van der Waals surface area contributed by atoms with E-state index in [1.807, 2.05) is 0 Å². The Morgan fingerprint density at radius 2 is 2.28 bits per heavy atom. The molecule has 0 atom stereocenters. The topological polar surface area (TPSA) is 51.2 Å². The van der Waals surface area contributed by atoms with E-state index in [-0.39, 0.29) is 18.8 Å². The lowest BCUT2D eigenvalue weighted by molar-refractivity contribution is -0.106. The maximum absolute atomic E-state index is 12.6. The third kappa shape index (κ3) is 2.77. The number of esters is 1. The van der Waals surface area contributed by atoms with Gasteiger partial charge in [0.15, 0.2) is 5.13 Å². The summed E-state index contributed by atoms with van der Waals surface area (Å²) in [6, 6.07) is 0. The Kier molecular flexibility index (Phi) is 3.52. The van der Waals surface area contributed by atoms with Crippen molar-refractivity contribution >= 4 is 22.4 Å². The second-order valence-corrected chi connectivity index (χ2v) is 5.44. The highest BCUT2D eigenvalue weighted by Gasteiger charge is 2.44. The Hall–Kier alpha value is -1.24. The number of methoxy groups -OCH3 is 1. The van der Waals surface area contributed by atoms with Crippen molar-refractivity contribution in [1.82, 2.24) is 4.98 Å². The van der Waals surface area contributed by atoms with E-state index in [0.717, 1.165) is 0 Å². The number of alkyl halides is 2. The van der Waals surface area contributed by atoms with Crippen molar-refractivity contribution in [3.8, 4) is 0 Å². The van der Waals surface area contributed by atoms with Gasteiger partial charge in [-0.05, 0) is 12.8 Å². The summed E-state index contributed by atoms with van der Waals surface area (Å²) in [4.78, 5) is 16.0. The third-order valence-electron chi connectivity index (χ3n) is 2.88. The van der Waals surface area contributed by atoms with Gasteiger partial charge in [-0.1, -0.05) is 11.3 Å². The summed E-state index contributed by atoms with van der Waals surface area (Å²) in [5.41, 5.74) is 0.591. The van der Waals surface area contributed by atoms with Crippen LogP contribution < -0.4 is 5.32 Å². The van der Waals surface area contributed by atoms with Gasteiger partial charge in [-0.2, -0.15) is 0 Å². The van der Waals surface area contributed by atoms with Gasteiger partial charge in [-0.3, -0.25) is 0 Å². The minimum atomic E-state index is -2.50. The van der Waals surface area contributed by atoms with Crippen LogP contribution >= 0.6 is 11.3 Å². The molecule has 1 saturated carbocycles. The molecule has 100 valence electrons. The first-order chi connectivity index (χ1) is 8.41. The summed E-state index contributed by atoms with van der Waals surface area (Å²) in [6.07, 6.45) is -0.150. The van der Waals surface area contributed by atoms with Crippen LogP contribution in [-0.2, 0) is 4.74 Å². The van der Waals surface area contributed by atoms with Crippen LogP contribution in [0.25, 0.3) is 0 Å². The van der Waals surface area contributed by atoms with Crippen LogP contribution in [0.15, 0.2) is 0 Å². The molecule has 0 bridgehead atoms. The number of nitrogens with one attached hydrogen (secondary N) is 1. The molecule has 1 aromatic heterocycles. The Bertz CT molecular complexity index is 454. The number of ether oxygens (including phenoxy) is 1. The molecule has 0 saturated heterocycles. The zero-order chi connectivity index (χ0) is 13.3. The van der Waals surface area contributed by atoms with Crippen LogP contribution in [0.1, 0.15) is 28.2 Å². The van der Waals surface area contributed by atoms with Gasteiger partial charge < -0.3 is 10.1 Å². The molecule has 0 aromatic carbocycles. The molecule has 2 rings (SSSR count). The standard InChI is InChI=1S/C11H14F2N2O2S/c1-6-8(9(16)17-2)18-10(15-6)14-5-7-3-11(12,13)4-7/h7H,3-5H2,1-2H3,(H,14,15). The van der Waals surface area contributed by atoms with Crippen LogP contribution in [0, 0.1) is 12.8 Å². The molecule has 0 unspecified atom stereocenters. The summed E-state index contributed by atoms with van der Waals surface area (Å²) in [5, 5.41) is 3.56. The van der Waals surface area contributed by atoms with E-state index >= 15 is 0 Å². The molecule has 0 spiro atoms. The molecule has 1 aliphatic rings. The summed E-state index contributed by atoms with van der Waals surface area (Å²) >= 11 is 1.18. The number of carbonyl (C=O) groups is 1. The van der Waals surface area contributed by atoms with E-state index in [4.69, 9.17) is 0 Å². The molecule has 0 amide bonds. The first-order valence-corrected chi connectivity index (χ1v) is 6.40. The lowest BCUT2D eigenvalue weighted by atomic mass is 9.81. The summed E-state index contributed by atoms with van der Waals surface area (Å²) < 4.78 is 29.9. The smallest absolute Gasteiger partial charge is 0.350 e. The highest BCUT2D eigenvalue weighted by molar-refractivity contribution is 7.17. The van der Waals surface area contributed by atoms with Crippen molar-refractivity contribution in [3.05, 3.63) is 10.6 Å². The molecule has 7 heteroatoms. The van der Waals surface area contributed by atoms with Crippen molar-refractivity contribution in [3.63, 3.8) is 0 Å². The fraction of sp³-hybridized carbons (Fsp3) is 0.636. The normalized spacial score (nSPS) is 18.2. The van der Waals surface area contributed by atoms with E-state index in [2.05, 4.69) is 15.0 Å². The number of nitrogens with zero attached hydrogens (tertiary/aromatic N) is 1. The van der Waals surface area contributed by atoms with E-state index in [9.17, 15) is 13.6 Å². The van der Waals surface area contributed by atoms with E-state index < -0.39 is 11.9 Å². The molecule has 1 N–H and O–H groups in total. The average molecular weight is 276 g/mol. The highest BCUT2D eigenvalue weighted by atomic mass is 32.1. The lowest BCUT2D eigenvalue weighted by Crippen LogP contribution is -2.39. The second kappa shape index (κ2) is 4.79. The zero-order valence-corrected chi connectivity index (χ0v) is 10.9. The van der Waals surface area contributed by atoms with Crippen molar-refractivity contribution < 1.29 is 18.3 Å². The molecular formula is C11H14F2N2O2S. The predicted octanol–water partition coefficient (Wildman–Crippen LogP) is 2.70. The number of thiazole rings is 1. The Labute approximate surface area is 107 Å². The molecule has 1 heterocycles. The molecule has 4 nitrogen and oxygen atoms in total. The van der Waals surface area contributed by atoms with Gasteiger partial charge in [0.05, 0.1) is 12.8 Å². The first-order valence-electron chi connectivity index (χ1n) is 5.59. The monoisotopic (exact) mass is 276 g/mol. The Morgan fingerprint density at radius 1 is 1.61 bits per heavy atom. The molecule has 1 aromatic rings. The van der Waals surface area contributed by atoms with E-state index in [1.165, 1.54) is 18.4 Å². The average Bonchev–Trinajstić information content (AvgIpc) is 2.64. The van der Waals surface area contributed by atoms with Crippen molar-refractivity contribution in [1.29, 1.82) is 0 Å². The zero-order valence-electron chi connectivity index (χ0n) is 10.1. The van der Waals surface area contributed by atoms with Gasteiger partial charge >= 0.3 is 5.97 Å². The fourth-order valence-corrected chi connectivity index (χ4v) is 2.81. The summed E-state index contributed by atoms with van der Waals surface area (Å²) in [5.74, 6) is -2.94. The maximum atomic E-state index is 12.6. The minimum Gasteiger partial charge on any atom is -0.465 e. The van der Waals surface area contributed by atoms with Crippen molar-refractivity contribution in [2.24, 2.45) is 5.92 Å². The van der Waals surface area contributed by atoms with Gasteiger partial charge in [0.1, 0.15) is 4.88 Å². The highest BCUT2D eigenvalue weighted by Crippen LogP contribution is 2.42. The van der Waals surface area contributed by atoms with Crippen LogP contribution in [0.2, 0.25) is 0 Å². The number of hydrogen-bond acceptors (Lipinski definition) is 5. The van der Waals surface area contributed by atoms with Gasteiger partial charge in [0, 0.05) is 19.4 Å². The first kappa shape index (κ1) is 13.2.